The predicted octanol–water partition coefficient (Wildman–Crippen LogP) is 1.81. The van der Waals surface area contributed by atoms with Crippen molar-refractivity contribution in [2.45, 2.75) is 25.8 Å². The molecule has 124 valence electrons. The highest BCUT2D eigenvalue weighted by Crippen LogP contribution is 2.25. The van der Waals surface area contributed by atoms with E-state index in [4.69, 9.17) is 0 Å². The largest absolute Gasteiger partial charge is 0.355 e. The predicted molar refractivity (Wildman–Crippen MR) is 94.6 cm³/mol. The molecule has 3 rings (SSSR count). The lowest BCUT2D eigenvalue weighted by atomic mass is 10.1. The highest BCUT2D eigenvalue weighted by atomic mass is 32.1. The van der Waals surface area contributed by atoms with Crippen LogP contribution < -0.4 is 14.7 Å². The summed E-state index contributed by atoms with van der Waals surface area (Å²) >= 11 is 1.49. The average Bonchev–Trinajstić information content (AvgIpc) is 3.01. The Balaban J connectivity index is 1.74. The molecule has 8 heteroatoms. The second-order valence-corrected chi connectivity index (χ2v) is 6.82. The van der Waals surface area contributed by atoms with Crippen LogP contribution in [0.25, 0.3) is 0 Å². The van der Waals surface area contributed by atoms with Gasteiger partial charge in [-0.25, -0.2) is 9.97 Å². The van der Waals surface area contributed by atoms with Gasteiger partial charge in [-0.15, -0.1) is 0 Å². The zero-order chi connectivity index (χ0) is 16.4. The molecular weight excluding hydrogens is 310 g/mol. The molecule has 1 atom stereocenters. The first-order valence-electron chi connectivity index (χ1n) is 7.83. The summed E-state index contributed by atoms with van der Waals surface area (Å²) < 4.78 is 4.30. The molecule has 1 fully saturated rings. The summed E-state index contributed by atoms with van der Waals surface area (Å²) in [6.07, 6.45) is 4.13. The van der Waals surface area contributed by atoms with Gasteiger partial charge >= 0.3 is 0 Å². The van der Waals surface area contributed by atoms with Gasteiger partial charge < -0.3 is 14.7 Å². The van der Waals surface area contributed by atoms with E-state index in [0.717, 1.165) is 48.7 Å². The standard InChI is InChI=1S/C15H23N7S/c1-11-17-15(23-19-11)22-9-5-6-12(10-22)21(4)13-7-8-16-14(18-13)20(2)3/h7-8,12H,5-6,9-10H2,1-4H3. The van der Waals surface area contributed by atoms with Crippen molar-refractivity contribution < 1.29 is 0 Å². The fraction of sp³-hybridized carbons (Fsp3) is 0.600. The maximum atomic E-state index is 4.65. The average molecular weight is 333 g/mol. The number of hydrogen-bond donors (Lipinski definition) is 0. The molecule has 1 unspecified atom stereocenters. The summed E-state index contributed by atoms with van der Waals surface area (Å²) in [5.74, 6) is 2.55. The molecule has 2 aromatic rings. The van der Waals surface area contributed by atoms with Gasteiger partial charge in [0.15, 0.2) is 0 Å². The topological polar surface area (TPSA) is 61.3 Å². The van der Waals surface area contributed by atoms with E-state index >= 15 is 0 Å². The van der Waals surface area contributed by atoms with E-state index in [-0.39, 0.29) is 0 Å². The van der Waals surface area contributed by atoms with Gasteiger partial charge in [-0.05, 0) is 25.8 Å². The third-order valence-electron chi connectivity index (χ3n) is 4.12. The number of aryl methyl sites for hydroxylation is 1. The van der Waals surface area contributed by atoms with Crippen LogP contribution in [0.2, 0.25) is 0 Å². The third kappa shape index (κ3) is 3.52. The van der Waals surface area contributed by atoms with Crippen LogP contribution in [-0.2, 0) is 0 Å². The smallest absolute Gasteiger partial charge is 0.226 e. The van der Waals surface area contributed by atoms with E-state index in [2.05, 4.69) is 36.2 Å². The van der Waals surface area contributed by atoms with Crippen molar-refractivity contribution in [2.75, 3.05) is 48.9 Å². The SMILES string of the molecule is Cc1nsc(N2CCCC(N(C)c3ccnc(N(C)C)n3)C2)n1. The van der Waals surface area contributed by atoms with Gasteiger partial charge in [0.05, 0.1) is 0 Å². The normalized spacial score (nSPS) is 18.1. The molecule has 0 radical (unpaired) electrons. The van der Waals surface area contributed by atoms with Crippen LogP contribution >= 0.6 is 11.5 Å². The Kier molecular flexibility index (Phi) is 4.61. The maximum absolute atomic E-state index is 4.65. The van der Waals surface area contributed by atoms with Crippen molar-refractivity contribution >= 4 is 28.4 Å². The van der Waals surface area contributed by atoms with Gasteiger partial charge in [0.1, 0.15) is 11.6 Å². The third-order valence-corrected chi connectivity index (χ3v) is 4.99. The van der Waals surface area contributed by atoms with Crippen molar-refractivity contribution in [1.29, 1.82) is 0 Å². The molecule has 0 bridgehead atoms. The molecule has 23 heavy (non-hydrogen) atoms. The lowest BCUT2D eigenvalue weighted by molar-refractivity contribution is 0.485. The van der Waals surface area contributed by atoms with Gasteiger partial charge in [-0.2, -0.15) is 9.36 Å². The summed E-state index contributed by atoms with van der Waals surface area (Å²) in [5.41, 5.74) is 0. The Morgan fingerprint density at radius 1 is 1.26 bits per heavy atom. The quantitative estimate of drug-likeness (QED) is 0.845. The monoisotopic (exact) mass is 333 g/mol. The second kappa shape index (κ2) is 6.66. The zero-order valence-electron chi connectivity index (χ0n) is 14.1. The number of anilines is 3. The second-order valence-electron chi connectivity index (χ2n) is 6.09. The van der Waals surface area contributed by atoms with E-state index in [9.17, 15) is 0 Å². The maximum Gasteiger partial charge on any atom is 0.226 e. The van der Waals surface area contributed by atoms with Crippen molar-refractivity contribution in [3.05, 3.63) is 18.1 Å². The van der Waals surface area contributed by atoms with Crippen molar-refractivity contribution in [3.63, 3.8) is 0 Å². The molecule has 0 saturated carbocycles. The van der Waals surface area contributed by atoms with E-state index in [1.165, 1.54) is 11.5 Å². The molecule has 1 saturated heterocycles. The molecule has 2 aromatic heterocycles. The van der Waals surface area contributed by atoms with Gasteiger partial charge in [-0.1, -0.05) is 0 Å². The van der Waals surface area contributed by atoms with E-state index in [0.29, 0.717) is 6.04 Å². The van der Waals surface area contributed by atoms with Crippen LogP contribution in [0.5, 0.6) is 0 Å². The van der Waals surface area contributed by atoms with Crippen molar-refractivity contribution in [3.8, 4) is 0 Å². The van der Waals surface area contributed by atoms with Gasteiger partial charge in [0.2, 0.25) is 11.1 Å². The number of rotatable bonds is 4. The highest BCUT2D eigenvalue weighted by molar-refractivity contribution is 7.09. The minimum Gasteiger partial charge on any atom is -0.355 e. The Bertz CT molecular complexity index is 657. The van der Waals surface area contributed by atoms with Gasteiger partial charge in [0.25, 0.3) is 0 Å². The first kappa shape index (κ1) is 15.9. The minimum atomic E-state index is 0.415. The summed E-state index contributed by atoms with van der Waals surface area (Å²) in [7, 11) is 6.03. The van der Waals surface area contributed by atoms with E-state index in [1.54, 1.807) is 0 Å². The van der Waals surface area contributed by atoms with Crippen LogP contribution in [0.15, 0.2) is 12.3 Å². The Morgan fingerprint density at radius 2 is 2.09 bits per heavy atom. The number of aromatic nitrogens is 4. The Hall–Kier alpha value is -1.96. The van der Waals surface area contributed by atoms with Crippen LogP contribution in [0.1, 0.15) is 18.7 Å². The Morgan fingerprint density at radius 3 is 2.78 bits per heavy atom. The molecule has 0 N–H and O–H groups in total. The number of nitrogens with zero attached hydrogens (tertiary/aromatic N) is 7. The van der Waals surface area contributed by atoms with Crippen LogP contribution in [0.4, 0.5) is 16.9 Å². The molecule has 0 aromatic carbocycles. The molecule has 0 amide bonds. The van der Waals surface area contributed by atoms with Gasteiger partial charge in [-0.3, -0.25) is 0 Å². The van der Waals surface area contributed by atoms with E-state index < -0.39 is 0 Å². The molecule has 3 heterocycles. The first-order chi connectivity index (χ1) is 11.0. The van der Waals surface area contributed by atoms with Crippen molar-refractivity contribution in [2.24, 2.45) is 0 Å². The Labute approximate surface area is 141 Å². The lowest BCUT2D eigenvalue weighted by Gasteiger charge is -2.38. The molecule has 7 nitrogen and oxygen atoms in total. The highest BCUT2D eigenvalue weighted by Gasteiger charge is 2.26. The van der Waals surface area contributed by atoms with Gasteiger partial charge in [0, 0.05) is 58.0 Å². The molecule has 1 aliphatic rings. The minimum absolute atomic E-state index is 0.415. The van der Waals surface area contributed by atoms with Crippen LogP contribution in [0, 0.1) is 6.92 Å². The lowest BCUT2D eigenvalue weighted by Crippen LogP contribution is -2.47. The zero-order valence-corrected chi connectivity index (χ0v) is 14.9. The molecule has 0 spiro atoms. The molecule has 1 aliphatic heterocycles. The first-order valence-corrected chi connectivity index (χ1v) is 8.60. The number of hydrogen-bond acceptors (Lipinski definition) is 8. The van der Waals surface area contributed by atoms with E-state index in [1.807, 2.05) is 38.2 Å². The fourth-order valence-corrected chi connectivity index (χ4v) is 3.51. The summed E-state index contributed by atoms with van der Waals surface area (Å²) in [5, 5.41) is 1.03. The number of likely N-dealkylation sites (N-methyl/N-ethyl adjacent to an activating group) is 1. The summed E-state index contributed by atoms with van der Waals surface area (Å²) in [4.78, 5) is 20.0. The molecular formula is C15H23N7S. The van der Waals surface area contributed by atoms with Crippen LogP contribution in [0.3, 0.4) is 0 Å². The molecule has 0 aliphatic carbocycles. The fourth-order valence-electron chi connectivity index (χ4n) is 2.80. The van der Waals surface area contributed by atoms with Crippen molar-refractivity contribution in [1.82, 2.24) is 19.3 Å². The summed E-state index contributed by atoms with van der Waals surface area (Å²) in [6, 6.07) is 2.39. The number of piperidine rings is 1. The van der Waals surface area contributed by atoms with Crippen LogP contribution in [-0.4, -0.2) is 59.6 Å². The summed E-state index contributed by atoms with van der Waals surface area (Å²) in [6.45, 7) is 3.94.